The van der Waals surface area contributed by atoms with Crippen LogP contribution < -0.4 is 0 Å². The Balaban J connectivity index is 0.000000103. The zero-order valence-electron chi connectivity index (χ0n) is 87.2. The van der Waals surface area contributed by atoms with Crippen molar-refractivity contribution in [1.82, 2.24) is 0 Å². The van der Waals surface area contributed by atoms with Crippen molar-refractivity contribution in [3.05, 3.63) is 508 Å². The van der Waals surface area contributed by atoms with Crippen molar-refractivity contribution in [1.29, 1.82) is 0 Å². The van der Waals surface area contributed by atoms with Crippen LogP contribution in [0.5, 0.6) is 0 Å². The van der Waals surface area contributed by atoms with Gasteiger partial charge in [-0.2, -0.15) is 0 Å². The minimum atomic E-state index is 0.0270. The first-order chi connectivity index (χ1) is 70.2. The van der Waals surface area contributed by atoms with E-state index in [0.29, 0.717) is 0 Å². The molecule has 0 radical (unpaired) electrons. The summed E-state index contributed by atoms with van der Waals surface area (Å²) in [6.07, 6.45) is 14.8. The monoisotopic (exact) mass is 1860 g/mol. The minimum Gasteiger partial charge on any atom is -0.0795 e. The van der Waals surface area contributed by atoms with Gasteiger partial charge in [-0.3, -0.25) is 0 Å². The molecule has 0 heteroatoms. The number of rotatable bonds is 0. The average molecular weight is 1860 g/mol. The largest absolute Gasteiger partial charge is 0.0795 e. The topological polar surface area (TPSA) is 0 Å². The first kappa shape index (κ1) is 96.2. The van der Waals surface area contributed by atoms with Crippen molar-refractivity contribution in [3.8, 4) is 55.6 Å². The van der Waals surface area contributed by atoms with E-state index >= 15 is 0 Å². The summed E-state index contributed by atoms with van der Waals surface area (Å²) in [4.78, 5) is 0. The smallest absolute Gasteiger partial charge is 0.0159 e. The molecule has 0 heterocycles. The summed E-state index contributed by atoms with van der Waals surface area (Å²) in [5.41, 5.74) is 38.0. The fraction of sp³-hybridized carbons (Fsp3) is 0.181. The summed E-state index contributed by atoms with van der Waals surface area (Å²) in [5.74, 6) is 0. The minimum absolute atomic E-state index is 0.0270. The molecule has 0 atom stereocenters. The second-order valence-corrected chi connectivity index (χ2v) is 41.2. The lowest BCUT2D eigenvalue weighted by molar-refractivity contribution is 0.660. The van der Waals surface area contributed by atoms with Gasteiger partial charge in [0.15, 0.2) is 0 Å². The fourth-order valence-corrected chi connectivity index (χ4v) is 24.3. The molecule has 0 unspecified atom stereocenters. The highest BCUT2D eigenvalue weighted by Crippen LogP contribution is 2.59. The van der Waals surface area contributed by atoms with Crippen LogP contribution in [-0.4, -0.2) is 0 Å². The van der Waals surface area contributed by atoms with Crippen LogP contribution >= 0.6 is 0 Å². The number of hydrogen-bond acceptors (Lipinski definition) is 0. The molecule has 22 aromatic carbocycles. The van der Waals surface area contributed by atoms with Crippen LogP contribution in [0.2, 0.25) is 0 Å². The molecule has 0 N–H and O–H groups in total. The summed E-state index contributed by atoms with van der Waals surface area (Å²) >= 11 is 0. The standard InChI is InChI=1S/C29H22.C26H20.C23H18.C19H16.C15H14.C14H10.C10H8.4C2H6/c1-29(2)24-15-20-7-4-3-6-19(20)14-23(24)28-22-13-12-18-9-5-8-17-10-11-21(16-25(28)29)27(22)26(17)18;1-26(2)22-14-18-8-4-3-7-17(18)13-21(22)25-20-12-6-10-16-9-5-11-19(24(16)20)15-23(25)26;1-23(2)21-13-17-9-5-3-7-15(17)11-19(21)20-12-16-8-4-6-10-18(16)14-22(20)23;1-19(2)17-10-6-5-9-15(17)16-11-13-7-3-4-8-14(13)12-18(16)19;1-15(2)13-9-5-3-7-11(13)12-8-4-6-10-14(12)15;1-2-6-12-10-14-8-4-3-7-13(14)9-11(12)5-1;1-2-6-10-8-4-3-7-9(10)5-1;4*1-2/h3-8,10-12,14-16H,9,13H2,1-2H3;3-11,13-15H,12H2,1-2H3;3-14H,1-2H3;3-12H,1-2H3;3-10H,1-2H3;1-10H;1-8H;4*1-2H3. The highest BCUT2D eigenvalue weighted by Gasteiger charge is 2.43. The van der Waals surface area contributed by atoms with Gasteiger partial charge in [0.1, 0.15) is 0 Å². The summed E-state index contributed by atoms with van der Waals surface area (Å²) in [6.45, 7) is 39.5. The van der Waals surface area contributed by atoms with Crippen LogP contribution in [0.15, 0.2) is 425 Å². The third-order valence-electron chi connectivity index (χ3n) is 31.5. The maximum absolute atomic E-state index is 2.49. The highest BCUT2D eigenvalue weighted by molar-refractivity contribution is 6.10. The fourth-order valence-electron chi connectivity index (χ4n) is 24.3. The lowest BCUT2D eigenvalue weighted by Gasteiger charge is -2.27. The van der Waals surface area contributed by atoms with E-state index in [-0.39, 0.29) is 27.1 Å². The zero-order valence-corrected chi connectivity index (χ0v) is 87.2. The Hall–Kier alpha value is -15.3. The van der Waals surface area contributed by atoms with Gasteiger partial charge in [-0.15, -0.1) is 0 Å². The third-order valence-corrected chi connectivity index (χ3v) is 31.5. The Morgan fingerprint density at radius 2 is 0.403 bits per heavy atom. The highest BCUT2D eigenvalue weighted by atomic mass is 14.5. The van der Waals surface area contributed by atoms with Gasteiger partial charge in [0.25, 0.3) is 0 Å². The van der Waals surface area contributed by atoms with E-state index in [9.17, 15) is 0 Å². The van der Waals surface area contributed by atoms with E-state index in [2.05, 4.69) is 506 Å². The van der Waals surface area contributed by atoms with E-state index in [1.165, 1.54) is 252 Å². The van der Waals surface area contributed by atoms with Gasteiger partial charge in [-0.25, -0.2) is 0 Å². The molecule has 0 aliphatic heterocycles. The number of hydrogen-bond donors (Lipinski definition) is 0. The van der Waals surface area contributed by atoms with Crippen LogP contribution in [0.1, 0.15) is 214 Å². The number of allylic oxidation sites excluding steroid dienone is 4. The van der Waals surface area contributed by atoms with Gasteiger partial charge in [0.05, 0.1) is 0 Å². The van der Waals surface area contributed by atoms with Crippen molar-refractivity contribution in [2.45, 2.75) is 171 Å². The molecule has 144 heavy (non-hydrogen) atoms. The van der Waals surface area contributed by atoms with Gasteiger partial charge in [-0.1, -0.05) is 477 Å². The van der Waals surface area contributed by atoms with Crippen molar-refractivity contribution in [2.24, 2.45) is 0 Å². The van der Waals surface area contributed by atoms with Crippen LogP contribution in [0.4, 0.5) is 0 Å². The quantitative estimate of drug-likeness (QED) is 0.133. The maximum Gasteiger partial charge on any atom is 0.0159 e. The van der Waals surface area contributed by atoms with Crippen LogP contribution in [-0.2, 0) is 39.9 Å². The number of fused-ring (bicyclic) bond motifs is 25. The molecule has 0 spiro atoms. The van der Waals surface area contributed by atoms with Gasteiger partial charge < -0.3 is 0 Å². The molecular weight excluding hydrogens is 1730 g/mol. The molecule has 0 saturated heterocycles. The molecule has 0 nitrogen and oxygen atoms in total. The summed E-state index contributed by atoms with van der Waals surface area (Å²) in [5, 5.41) is 26.9. The van der Waals surface area contributed by atoms with Crippen LogP contribution in [0.3, 0.4) is 0 Å². The van der Waals surface area contributed by atoms with Crippen LogP contribution in [0, 0.1) is 0 Å². The normalized spacial score (nSPS) is 14.4. The Bertz CT molecular complexity index is 8530. The average Bonchev–Trinajstić information content (AvgIpc) is 1.50. The summed E-state index contributed by atoms with van der Waals surface area (Å²) in [7, 11) is 0. The lowest BCUT2D eigenvalue weighted by Crippen LogP contribution is -2.15. The molecule has 22 aromatic rings. The Labute approximate surface area is 853 Å². The molecule has 0 saturated carbocycles. The predicted molar refractivity (Wildman–Crippen MR) is 631 cm³/mol. The molecule has 0 fully saturated rings. The van der Waals surface area contributed by atoms with Crippen molar-refractivity contribution < 1.29 is 0 Å². The zero-order chi connectivity index (χ0) is 100. The number of benzene rings is 22. The molecule has 8 aliphatic carbocycles. The first-order valence-electron chi connectivity index (χ1n) is 52.7. The molecule has 8 aliphatic rings. The second kappa shape index (κ2) is 39.5. The summed E-state index contributed by atoms with van der Waals surface area (Å²) in [6, 6.07) is 148. The van der Waals surface area contributed by atoms with E-state index in [1.54, 1.807) is 0 Å². The van der Waals surface area contributed by atoms with Gasteiger partial charge in [-0.05, 0) is 357 Å². The SMILES string of the molecule is CC.CC.CC.CC.CC1(C)c2cc3ccccc3cc2-c2c1cc1ccc3c4c1c2CC=C4CC=C3.CC1(C)c2cc3ccccc3cc2-c2c1cc1cccc3c1c2CC=C3.CC1(C)c2cc3ccccc3cc2-c2cc3ccccc3cc21.CC1(C)c2ccccc2-c2cc3ccccc3cc21.CC1(C)c2ccccc2-c2ccccc21.c1ccc2cc3ccccc3cc2c1.c1ccc2ccccc2c1. The lowest BCUT2D eigenvalue weighted by atomic mass is 9.76. The maximum atomic E-state index is 2.49. The van der Waals surface area contributed by atoms with E-state index in [0.717, 1.165) is 19.3 Å². The first-order valence-corrected chi connectivity index (χ1v) is 52.7. The molecule has 0 amide bonds. The van der Waals surface area contributed by atoms with Crippen LogP contribution in [0.25, 0.3) is 181 Å². The van der Waals surface area contributed by atoms with Gasteiger partial charge >= 0.3 is 0 Å². The van der Waals surface area contributed by atoms with Gasteiger partial charge in [0, 0.05) is 27.1 Å². The third kappa shape index (κ3) is 16.8. The Morgan fingerprint density at radius 1 is 0.160 bits per heavy atom. The molecule has 30 rings (SSSR count). The Morgan fingerprint density at radius 3 is 0.771 bits per heavy atom. The molecule has 708 valence electrons. The second-order valence-electron chi connectivity index (χ2n) is 41.2. The summed E-state index contributed by atoms with van der Waals surface area (Å²) < 4.78 is 0. The van der Waals surface area contributed by atoms with E-state index in [4.69, 9.17) is 0 Å². The molecule has 0 bridgehead atoms. The predicted octanol–water partition coefficient (Wildman–Crippen LogP) is 40.9. The molecular formula is C144H132. The molecule has 0 aromatic heterocycles. The van der Waals surface area contributed by atoms with Gasteiger partial charge in [0.2, 0.25) is 0 Å². The van der Waals surface area contributed by atoms with E-state index < -0.39 is 0 Å². The Kier molecular flexibility index (Phi) is 26.4. The van der Waals surface area contributed by atoms with Crippen molar-refractivity contribution in [3.63, 3.8) is 0 Å². The van der Waals surface area contributed by atoms with E-state index in [1.807, 2.05) is 55.4 Å². The van der Waals surface area contributed by atoms with Crippen molar-refractivity contribution in [2.75, 3.05) is 0 Å². The van der Waals surface area contributed by atoms with Crippen molar-refractivity contribution >= 4 is 125 Å².